The van der Waals surface area contributed by atoms with Gasteiger partial charge < -0.3 is 5.32 Å². The Balaban J connectivity index is 2.07. The first-order chi connectivity index (χ1) is 10.0. The molecule has 0 radical (unpaired) electrons. The van der Waals surface area contributed by atoms with Gasteiger partial charge in [-0.2, -0.15) is 0 Å². The maximum absolute atomic E-state index is 11.7. The fourth-order valence-corrected chi connectivity index (χ4v) is 5.36. The highest BCUT2D eigenvalue weighted by Crippen LogP contribution is 2.33. The van der Waals surface area contributed by atoms with E-state index in [1.54, 1.807) is 11.3 Å². The molecule has 1 aliphatic heterocycles. The normalized spacial score (nSPS) is 21.0. The molecule has 1 N–H and O–H groups in total. The van der Waals surface area contributed by atoms with Crippen LogP contribution in [0.5, 0.6) is 0 Å². The summed E-state index contributed by atoms with van der Waals surface area (Å²) in [6.07, 6.45) is 1.60. The van der Waals surface area contributed by atoms with Gasteiger partial charge in [0, 0.05) is 17.3 Å². The molecule has 2 aromatic heterocycles. The third-order valence-electron chi connectivity index (χ3n) is 3.75. The minimum absolute atomic E-state index is 0.0658. The first kappa shape index (κ1) is 14.7. The van der Waals surface area contributed by atoms with Crippen LogP contribution in [0.15, 0.2) is 6.07 Å². The number of aryl methyl sites for hydroxylation is 1. The number of fused-ring (bicyclic) bond motifs is 1. The van der Waals surface area contributed by atoms with Crippen LogP contribution in [0.3, 0.4) is 0 Å². The molecule has 1 atom stereocenters. The minimum Gasteiger partial charge on any atom is -0.370 e. The zero-order valence-corrected chi connectivity index (χ0v) is 13.9. The van der Waals surface area contributed by atoms with Crippen LogP contribution in [0.1, 0.15) is 36.9 Å². The number of hydrogen-bond acceptors (Lipinski definition) is 6. The lowest BCUT2D eigenvalue weighted by atomic mass is 10.1. The Bertz CT molecular complexity index is 768. The van der Waals surface area contributed by atoms with Crippen molar-refractivity contribution in [1.82, 2.24) is 9.97 Å². The van der Waals surface area contributed by atoms with Gasteiger partial charge in [-0.1, -0.05) is 6.92 Å². The van der Waals surface area contributed by atoms with Crippen molar-refractivity contribution in [2.75, 3.05) is 23.4 Å². The van der Waals surface area contributed by atoms with Crippen LogP contribution >= 0.6 is 11.3 Å². The number of aromatic nitrogens is 2. The molecule has 114 valence electrons. The molecule has 0 spiro atoms. The van der Waals surface area contributed by atoms with Gasteiger partial charge in [0.15, 0.2) is 9.84 Å². The zero-order chi connectivity index (χ0) is 15.0. The Labute approximate surface area is 128 Å². The van der Waals surface area contributed by atoms with Crippen molar-refractivity contribution in [2.24, 2.45) is 0 Å². The van der Waals surface area contributed by atoms with Crippen molar-refractivity contribution in [3.63, 3.8) is 0 Å². The second kappa shape index (κ2) is 5.53. The predicted octanol–water partition coefficient (Wildman–Crippen LogP) is 2.59. The Morgan fingerprint density at radius 1 is 1.38 bits per heavy atom. The van der Waals surface area contributed by atoms with Crippen LogP contribution < -0.4 is 5.32 Å². The smallest absolute Gasteiger partial charge is 0.151 e. The third-order valence-corrected chi connectivity index (χ3v) is 6.69. The Kier molecular flexibility index (Phi) is 3.88. The molecule has 3 rings (SSSR count). The number of sulfone groups is 1. The summed E-state index contributed by atoms with van der Waals surface area (Å²) < 4.78 is 23.3. The number of nitrogens with zero attached hydrogens (tertiary/aromatic N) is 2. The number of nitrogens with one attached hydrogen (secondary N) is 1. The van der Waals surface area contributed by atoms with E-state index in [2.05, 4.69) is 28.3 Å². The predicted molar refractivity (Wildman–Crippen MR) is 87.0 cm³/mol. The quantitative estimate of drug-likeness (QED) is 0.935. The Morgan fingerprint density at radius 2 is 2.19 bits per heavy atom. The molecule has 5 nitrogen and oxygen atoms in total. The van der Waals surface area contributed by atoms with E-state index in [4.69, 9.17) is 0 Å². The summed E-state index contributed by atoms with van der Waals surface area (Å²) in [7, 11) is -2.92. The molecule has 7 heteroatoms. The van der Waals surface area contributed by atoms with E-state index in [-0.39, 0.29) is 17.4 Å². The van der Waals surface area contributed by atoms with Gasteiger partial charge in [-0.25, -0.2) is 18.4 Å². The molecule has 3 heterocycles. The van der Waals surface area contributed by atoms with Gasteiger partial charge in [0.1, 0.15) is 16.5 Å². The van der Waals surface area contributed by atoms with Gasteiger partial charge in [0.05, 0.1) is 16.9 Å². The zero-order valence-electron chi connectivity index (χ0n) is 12.2. The summed E-state index contributed by atoms with van der Waals surface area (Å²) in [6.45, 7) is 4.93. The molecule has 1 saturated heterocycles. The lowest BCUT2D eigenvalue weighted by Gasteiger charge is -2.10. The number of thiophene rings is 1. The van der Waals surface area contributed by atoms with E-state index in [1.165, 1.54) is 4.88 Å². The Hall–Kier alpha value is -1.21. The largest absolute Gasteiger partial charge is 0.370 e. The molecule has 2 aromatic rings. The Morgan fingerprint density at radius 3 is 2.81 bits per heavy atom. The van der Waals surface area contributed by atoms with E-state index in [0.29, 0.717) is 12.2 Å². The fourth-order valence-electron chi connectivity index (χ4n) is 2.65. The molecule has 0 saturated carbocycles. The number of rotatable bonds is 4. The monoisotopic (exact) mass is 325 g/mol. The maximum Gasteiger partial charge on any atom is 0.151 e. The van der Waals surface area contributed by atoms with E-state index in [9.17, 15) is 8.42 Å². The van der Waals surface area contributed by atoms with Crippen LogP contribution in [-0.2, 0) is 16.3 Å². The van der Waals surface area contributed by atoms with Crippen LogP contribution in [0, 0.1) is 0 Å². The van der Waals surface area contributed by atoms with E-state index in [0.717, 1.165) is 29.0 Å². The SMILES string of the molecule is CCNc1nc(C2CCS(=O)(=O)C2)nc2sc(CC)cc12. The van der Waals surface area contributed by atoms with Gasteiger partial charge >= 0.3 is 0 Å². The minimum atomic E-state index is -2.92. The van der Waals surface area contributed by atoms with Crippen molar-refractivity contribution in [3.8, 4) is 0 Å². The highest BCUT2D eigenvalue weighted by Gasteiger charge is 2.31. The lowest BCUT2D eigenvalue weighted by molar-refractivity contribution is 0.601. The lowest BCUT2D eigenvalue weighted by Crippen LogP contribution is -2.09. The van der Waals surface area contributed by atoms with Crippen molar-refractivity contribution >= 4 is 37.2 Å². The van der Waals surface area contributed by atoms with E-state index >= 15 is 0 Å². The van der Waals surface area contributed by atoms with Crippen molar-refractivity contribution in [2.45, 2.75) is 32.6 Å². The third kappa shape index (κ3) is 2.89. The molecule has 0 amide bonds. The summed E-state index contributed by atoms with van der Waals surface area (Å²) in [5, 5.41) is 4.32. The van der Waals surface area contributed by atoms with Crippen molar-refractivity contribution in [1.29, 1.82) is 0 Å². The van der Waals surface area contributed by atoms with Crippen LogP contribution in [-0.4, -0.2) is 36.4 Å². The standard InChI is InChI=1S/C14H19N3O2S2/c1-3-10-7-11-13(15-4-2)16-12(17-14(11)20-10)9-5-6-21(18,19)8-9/h7,9H,3-6,8H2,1-2H3,(H,15,16,17). The highest BCUT2D eigenvalue weighted by atomic mass is 32.2. The summed E-state index contributed by atoms with van der Waals surface area (Å²) in [4.78, 5) is 11.5. The average Bonchev–Trinajstić information content (AvgIpc) is 3.01. The van der Waals surface area contributed by atoms with Gasteiger partial charge in [0.25, 0.3) is 0 Å². The van der Waals surface area contributed by atoms with Crippen molar-refractivity contribution < 1.29 is 8.42 Å². The van der Waals surface area contributed by atoms with Gasteiger partial charge in [-0.3, -0.25) is 0 Å². The maximum atomic E-state index is 11.7. The van der Waals surface area contributed by atoms with Crippen molar-refractivity contribution in [3.05, 3.63) is 16.8 Å². The van der Waals surface area contributed by atoms with Crippen LogP contribution in [0.2, 0.25) is 0 Å². The molecule has 1 fully saturated rings. The van der Waals surface area contributed by atoms with Gasteiger partial charge in [-0.05, 0) is 25.8 Å². The van der Waals surface area contributed by atoms with Crippen LogP contribution in [0.4, 0.5) is 5.82 Å². The highest BCUT2D eigenvalue weighted by molar-refractivity contribution is 7.91. The van der Waals surface area contributed by atoms with Gasteiger partial charge in [0.2, 0.25) is 0 Å². The molecular formula is C14H19N3O2S2. The molecule has 1 aliphatic rings. The van der Waals surface area contributed by atoms with E-state index in [1.807, 2.05) is 6.92 Å². The molecule has 0 bridgehead atoms. The summed E-state index contributed by atoms with van der Waals surface area (Å²) in [5.41, 5.74) is 0. The summed E-state index contributed by atoms with van der Waals surface area (Å²) >= 11 is 1.67. The topological polar surface area (TPSA) is 72.0 Å². The number of hydrogen-bond donors (Lipinski definition) is 1. The molecule has 0 aromatic carbocycles. The number of anilines is 1. The second-order valence-corrected chi connectivity index (χ2v) is 8.69. The molecule has 21 heavy (non-hydrogen) atoms. The average molecular weight is 325 g/mol. The molecule has 1 unspecified atom stereocenters. The molecule has 0 aliphatic carbocycles. The molecular weight excluding hydrogens is 306 g/mol. The fraction of sp³-hybridized carbons (Fsp3) is 0.571. The second-order valence-electron chi connectivity index (χ2n) is 5.35. The van der Waals surface area contributed by atoms with E-state index < -0.39 is 9.84 Å². The summed E-state index contributed by atoms with van der Waals surface area (Å²) in [5.74, 6) is 1.86. The van der Waals surface area contributed by atoms with Crippen LogP contribution in [0.25, 0.3) is 10.2 Å². The first-order valence-corrected chi connectivity index (χ1v) is 9.91. The van der Waals surface area contributed by atoms with Gasteiger partial charge in [-0.15, -0.1) is 11.3 Å². The summed E-state index contributed by atoms with van der Waals surface area (Å²) in [6, 6.07) is 2.13. The first-order valence-electron chi connectivity index (χ1n) is 7.27.